The number of piperidine rings is 1. The van der Waals surface area contributed by atoms with E-state index in [2.05, 4.69) is 15.3 Å². The van der Waals surface area contributed by atoms with E-state index >= 15 is 0 Å². The first-order chi connectivity index (χ1) is 9.83. The summed E-state index contributed by atoms with van der Waals surface area (Å²) in [6.07, 6.45) is 3.69. The molecule has 7 heteroatoms. The first-order valence-corrected chi connectivity index (χ1v) is 7.05. The minimum absolute atomic E-state index is 0.0386. The van der Waals surface area contributed by atoms with Gasteiger partial charge in [0.2, 0.25) is 5.95 Å². The van der Waals surface area contributed by atoms with E-state index in [0.29, 0.717) is 19.0 Å². The van der Waals surface area contributed by atoms with Gasteiger partial charge in [0.05, 0.1) is 12.4 Å². The fraction of sp³-hybridized carbons (Fsp3) is 0.643. The van der Waals surface area contributed by atoms with Gasteiger partial charge in [0.1, 0.15) is 5.60 Å². The molecule has 0 radical (unpaired) electrons. The maximum Gasteiger partial charge on any atom is 0.410 e. The van der Waals surface area contributed by atoms with Gasteiger partial charge in [-0.05, 0) is 33.6 Å². The minimum Gasteiger partial charge on any atom is -0.444 e. The Bertz CT molecular complexity index is 487. The molecule has 1 aromatic rings. The summed E-state index contributed by atoms with van der Waals surface area (Å²) in [7, 11) is 0. The molecule has 2 rings (SSSR count). The summed E-state index contributed by atoms with van der Waals surface area (Å²) < 4.78 is 18.1. The van der Waals surface area contributed by atoms with Crippen molar-refractivity contribution < 1.29 is 13.9 Å². The normalized spacial score (nSPS) is 19.2. The molecule has 0 saturated carbocycles. The van der Waals surface area contributed by atoms with Crippen LogP contribution in [0.25, 0.3) is 0 Å². The predicted octanol–water partition coefficient (Wildman–Crippen LogP) is 2.43. The zero-order valence-electron chi connectivity index (χ0n) is 12.6. The van der Waals surface area contributed by atoms with Gasteiger partial charge < -0.3 is 15.0 Å². The molecule has 1 fully saturated rings. The van der Waals surface area contributed by atoms with Crippen molar-refractivity contribution in [1.29, 1.82) is 0 Å². The lowest BCUT2D eigenvalue weighted by Gasteiger charge is -2.34. The largest absolute Gasteiger partial charge is 0.444 e. The standard InChI is InChI=1S/C14H21FN4O2/c1-14(2,3)21-13(20)19-6-4-5-11(9-19)18-12-16-7-10(15)8-17-12/h7-8,11H,4-6,9H2,1-3H3,(H,16,17,18)/t11-/m0/s1. The monoisotopic (exact) mass is 296 g/mol. The molecule has 0 bridgehead atoms. The van der Waals surface area contributed by atoms with Gasteiger partial charge in [0.15, 0.2) is 5.82 Å². The molecule has 1 N–H and O–H groups in total. The number of aromatic nitrogens is 2. The van der Waals surface area contributed by atoms with Crippen LogP contribution >= 0.6 is 0 Å². The molecule has 1 aliphatic heterocycles. The summed E-state index contributed by atoms with van der Waals surface area (Å²) in [4.78, 5) is 21.5. The molecule has 1 aromatic heterocycles. The Morgan fingerprint density at radius 3 is 2.71 bits per heavy atom. The van der Waals surface area contributed by atoms with Gasteiger partial charge in [-0.1, -0.05) is 0 Å². The second-order valence-corrected chi connectivity index (χ2v) is 6.13. The Morgan fingerprint density at radius 2 is 2.10 bits per heavy atom. The molecule has 0 unspecified atom stereocenters. The van der Waals surface area contributed by atoms with Gasteiger partial charge in [0, 0.05) is 19.1 Å². The van der Waals surface area contributed by atoms with E-state index in [9.17, 15) is 9.18 Å². The summed E-state index contributed by atoms with van der Waals surface area (Å²) in [5, 5.41) is 3.12. The van der Waals surface area contributed by atoms with Crippen molar-refractivity contribution in [3.63, 3.8) is 0 Å². The number of amides is 1. The van der Waals surface area contributed by atoms with Crippen molar-refractivity contribution in [2.24, 2.45) is 0 Å². The molecule has 21 heavy (non-hydrogen) atoms. The quantitative estimate of drug-likeness (QED) is 0.908. The number of hydrogen-bond acceptors (Lipinski definition) is 5. The van der Waals surface area contributed by atoms with Crippen LogP contribution in [0.4, 0.5) is 15.1 Å². The van der Waals surface area contributed by atoms with Crippen molar-refractivity contribution in [2.75, 3.05) is 18.4 Å². The summed E-state index contributed by atoms with van der Waals surface area (Å²) in [5.41, 5.74) is -0.502. The van der Waals surface area contributed by atoms with Crippen LogP contribution in [-0.4, -0.2) is 45.7 Å². The number of nitrogens with zero attached hydrogens (tertiary/aromatic N) is 3. The SMILES string of the molecule is CC(C)(C)OC(=O)N1CCC[C@H](Nc2ncc(F)cn2)C1. The summed E-state index contributed by atoms with van der Waals surface area (Å²) in [5.74, 6) is -0.105. The number of ether oxygens (including phenoxy) is 1. The Balaban J connectivity index is 1.91. The highest BCUT2D eigenvalue weighted by Gasteiger charge is 2.27. The summed E-state index contributed by atoms with van der Waals surface area (Å²) in [6.45, 7) is 6.73. The molecule has 1 aliphatic rings. The lowest BCUT2D eigenvalue weighted by atomic mass is 10.1. The van der Waals surface area contributed by atoms with Crippen LogP contribution in [0.3, 0.4) is 0 Å². The van der Waals surface area contributed by atoms with Gasteiger partial charge in [-0.25, -0.2) is 19.2 Å². The third kappa shape index (κ3) is 4.84. The van der Waals surface area contributed by atoms with Gasteiger partial charge in [0.25, 0.3) is 0 Å². The number of halogens is 1. The second-order valence-electron chi connectivity index (χ2n) is 6.13. The maximum absolute atomic E-state index is 12.8. The van der Waals surface area contributed by atoms with Crippen molar-refractivity contribution in [2.45, 2.75) is 45.3 Å². The van der Waals surface area contributed by atoms with E-state index in [1.807, 2.05) is 20.8 Å². The molecule has 1 saturated heterocycles. The molecule has 0 aromatic carbocycles. The zero-order valence-corrected chi connectivity index (χ0v) is 12.6. The number of rotatable bonds is 2. The molecular formula is C14H21FN4O2. The molecular weight excluding hydrogens is 275 g/mol. The molecule has 2 heterocycles. The van der Waals surface area contributed by atoms with E-state index in [4.69, 9.17) is 4.74 Å². The van der Waals surface area contributed by atoms with Crippen LogP contribution in [0.1, 0.15) is 33.6 Å². The lowest BCUT2D eigenvalue weighted by molar-refractivity contribution is 0.0206. The first kappa shape index (κ1) is 15.5. The topological polar surface area (TPSA) is 67.3 Å². The number of likely N-dealkylation sites (tertiary alicyclic amines) is 1. The smallest absolute Gasteiger partial charge is 0.410 e. The number of carbonyl (C=O) groups is 1. The van der Waals surface area contributed by atoms with Crippen LogP contribution in [0.5, 0.6) is 0 Å². The number of anilines is 1. The Labute approximate surface area is 123 Å². The van der Waals surface area contributed by atoms with E-state index in [1.54, 1.807) is 4.90 Å². The number of hydrogen-bond donors (Lipinski definition) is 1. The van der Waals surface area contributed by atoms with Crippen molar-refractivity contribution in [3.8, 4) is 0 Å². The number of nitrogens with one attached hydrogen (secondary N) is 1. The molecule has 6 nitrogen and oxygen atoms in total. The zero-order chi connectivity index (χ0) is 15.5. The highest BCUT2D eigenvalue weighted by molar-refractivity contribution is 5.68. The molecule has 1 atom stereocenters. The fourth-order valence-electron chi connectivity index (χ4n) is 2.16. The summed E-state index contributed by atoms with van der Waals surface area (Å²) >= 11 is 0. The maximum atomic E-state index is 12.8. The fourth-order valence-corrected chi connectivity index (χ4v) is 2.16. The third-order valence-electron chi connectivity index (χ3n) is 3.03. The number of carbonyl (C=O) groups excluding carboxylic acids is 1. The minimum atomic E-state index is -0.502. The lowest BCUT2D eigenvalue weighted by Crippen LogP contribution is -2.47. The highest BCUT2D eigenvalue weighted by atomic mass is 19.1. The summed E-state index contributed by atoms with van der Waals surface area (Å²) in [6, 6.07) is 0.0386. The van der Waals surface area contributed by atoms with Crippen LogP contribution in [-0.2, 0) is 4.74 Å². The van der Waals surface area contributed by atoms with Gasteiger partial charge >= 0.3 is 6.09 Å². The van der Waals surface area contributed by atoms with Crippen molar-refractivity contribution in [3.05, 3.63) is 18.2 Å². The van der Waals surface area contributed by atoms with Gasteiger partial charge in [-0.2, -0.15) is 0 Å². The van der Waals surface area contributed by atoms with E-state index in [1.165, 1.54) is 0 Å². The second kappa shape index (κ2) is 6.24. The van der Waals surface area contributed by atoms with Crippen LogP contribution in [0, 0.1) is 5.82 Å². The van der Waals surface area contributed by atoms with Gasteiger partial charge in [-0.3, -0.25) is 0 Å². The van der Waals surface area contributed by atoms with E-state index < -0.39 is 11.4 Å². The Morgan fingerprint density at radius 1 is 1.43 bits per heavy atom. The average Bonchev–Trinajstić information content (AvgIpc) is 2.40. The Kier molecular flexibility index (Phi) is 4.59. The van der Waals surface area contributed by atoms with Crippen LogP contribution in [0.15, 0.2) is 12.4 Å². The van der Waals surface area contributed by atoms with Gasteiger partial charge in [-0.15, -0.1) is 0 Å². The van der Waals surface area contributed by atoms with E-state index in [0.717, 1.165) is 25.2 Å². The molecule has 116 valence electrons. The van der Waals surface area contributed by atoms with Crippen molar-refractivity contribution >= 4 is 12.0 Å². The van der Waals surface area contributed by atoms with Crippen LogP contribution in [0.2, 0.25) is 0 Å². The average molecular weight is 296 g/mol. The highest BCUT2D eigenvalue weighted by Crippen LogP contribution is 2.17. The molecule has 0 aliphatic carbocycles. The van der Waals surface area contributed by atoms with Crippen LogP contribution < -0.4 is 5.32 Å². The molecule has 0 spiro atoms. The third-order valence-corrected chi connectivity index (χ3v) is 3.03. The predicted molar refractivity (Wildman–Crippen MR) is 76.4 cm³/mol. The first-order valence-electron chi connectivity index (χ1n) is 7.05. The van der Waals surface area contributed by atoms with E-state index in [-0.39, 0.29) is 12.1 Å². The van der Waals surface area contributed by atoms with Crippen molar-refractivity contribution in [1.82, 2.24) is 14.9 Å². The molecule has 1 amide bonds. The Hall–Kier alpha value is -1.92.